The lowest BCUT2D eigenvalue weighted by molar-refractivity contribution is -0.219. The first-order valence-electron chi connectivity index (χ1n) is 22.6. The van der Waals surface area contributed by atoms with E-state index in [4.69, 9.17) is 14.2 Å². The maximum Gasteiger partial charge on any atom is 0.408 e. The van der Waals surface area contributed by atoms with Crippen LogP contribution < -0.4 is 24.2 Å². The van der Waals surface area contributed by atoms with Crippen molar-refractivity contribution in [1.29, 1.82) is 0 Å². The molecule has 3 aromatic rings. The van der Waals surface area contributed by atoms with Gasteiger partial charge in [0.25, 0.3) is 11.8 Å². The lowest BCUT2D eigenvalue weighted by Gasteiger charge is -2.42. The Bertz CT molecular complexity index is 2510. The van der Waals surface area contributed by atoms with E-state index < -0.39 is 92.7 Å². The molecule has 1 aromatic carbocycles. The monoisotopic (exact) mass is 938 g/mol. The molecule has 8 atom stereocenters. The number of carbonyl (C=O) groups is 4. The Hall–Kier alpha value is -5.59. The molecule has 1 unspecified atom stereocenters. The molecule has 2 aliphatic carbocycles. The number of amides is 4. The van der Waals surface area contributed by atoms with Crippen molar-refractivity contribution in [3.8, 4) is 28.8 Å². The molecule has 2 aliphatic heterocycles. The van der Waals surface area contributed by atoms with Crippen molar-refractivity contribution in [3.63, 3.8) is 0 Å². The second kappa shape index (κ2) is 18.2. The summed E-state index contributed by atoms with van der Waals surface area (Å²) in [5, 5.41) is 13.3. The van der Waals surface area contributed by atoms with E-state index in [1.807, 2.05) is 26.8 Å². The van der Waals surface area contributed by atoms with Crippen LogP contribution in [-0.2, 0) is 24.4 Å². The molecule has 3 N–H and O–H groups in total. The number of pyridine rings is 2. The summed E-state index contributed by atoms with van der Waals surface area (Å²) in [6, 6.07) is 0.985. The van der Waals surface area contributed by atoms with Crippen molar-refractivity contribution < 1.29 is 55.7 Å². The standard InChI is InChI=1S/C47H60F2N6O10S/c1-9-29(6)54(44(59)60)39-28(5)20-27(4)12-10-11-13-31-23-46(31,43(58)53-66(61,62)34-16-17-34)52-40(56)38-24-45(7,47(48,49)55(38)42(39)57)65-41-35-18-14-32(63-8)21-30(35)22-37(51-41)36-19-15-33(25-50-36)64-26(2)3/h11,13-15,18-19,21-22,25-29,31,34,38-39H,9-10,12,16-17,20,23-24H2,1-8H3,(H,52,56)(H,53,58)(H,59,60)/b13-11-/t27-,28-,29?,31-,38+,39+,45-,46-/m1/s1. The van der Waals surface area contributed by atoms with Crippen LogP contribution in [-0.4, -0.2) is 111 Å². The van der Waals surface area contributed by atoms with Gasteiger partial charge in [-0.1, -0.05) is 32.9 Å². The van der Waals surface area contributed by atoms with E-state index in [-0.39, 0.29) is 53.1 Å². The molecular weight excluding hydrogens is 879 g/mol. The molecule has 16 nitrogen and oxygen atoms in total. The minimum Gasteiger partial charge on any atom is -0.497 e. The molecule has 4 amide bonds. The quantitative estimate of drug-likeness (QED) is 0.123. The van der Waals surface area contributed by atoms with E-state index in [1.165, 1.54) is 13.3 Å². The van der Waals surface area contributed by atoms with Gasteiger partial charge < -0.3 is 24.6 Å². The first kappa shape index (κ1) is 48.3. The Balaban J connectivity index is 1.36. The van der Waals surface area contributed by atoms with Crippen molar-refractivity contribution in [3.05, 3.63) is 54.7 Å². The molecule has 2 aromatic heterocycles. The highest BCUT2D eigenvalue weighted by Crippen LogP contribution is 2.51. The summed E-state index contributed by atoms with van der Waals surface area (Å²) in [7, 11) is -2.62. The van der Waals surface area contributed by atoms with E-state index in [2.05, 4.69) is 20.0 Å². The molecule has 0 bridgehead atoms. The van der Waals surface area contributed by atoms with Crippen molar-refractivity contribution in [2.24, 2.45) is 17.8 Å². The molecule has 3 fully saturated rings. The van der Waals surface area contributed by atoms with Crippen LogP contribution in [0.5, 0.6) is 17.4 Å². The number of aromatic nitrogens is 2. The molecule has 0 spiro atoms. The number of nitrogens with one attached hydrogen (secondary N) is 2. The highest BCUT2D eigenvalue weighted by molar-refractivity contribution is 7.91. The zero-order valence-electron chi connectivity index (χ0n) is 38.5. The van der Waals surface area contributed by atoms with Gasteiger partial charge in [0.1, 0.15) is 29.1 Å². The molecule has 1 saturated heterocycles. The first-order chi connectivity index (χ1) is 31.0. The Kier molecular flexibility index (Phi) is 13.4. The number of allylic oxidation sites excluding steroid dienone is 1. The highest BCUT2D eigenvalue weighted by atomic mass is 32.2. The van der Waals surface area contributed by atoms with Gasteiger partial charge in [0.05, 0.1) is 36.0 Å². The fraction of sp³-hybridized carbons (Fsp3) is 0.574. The van der Waals surface area contributed by atoms with Crippen LogP contribution in [0.25, 0.3) is 22.2 Å². The largest absolute Gasteiger partial charge is 0.497 e. The molecule has 4 heterocycles. The number of alkyl halides is 2. The van der Waals surface area contributed by atoms with Crippen LogP contribution in [0.2, 0.25) is 0 Å². The van der Waals surface area contributed by atoms with E-state index in [1.54, 1.807) is 63.2 Å². The highest BCUT2D eigenvalue weighted by Gasteiger charge is 2.71. The summed E-state index contributed by atoms with van der Waals surface area (Å²) in [5.41, 5.74) is -4.01. The zero-order valence-corrected chi connectivity index (χ0v) is 39.4. The lowest BCUT2D eigenvalue weighted by Crippen LogP contribution is -2.64. The topological polar surface area (TPSA) is 207 Å². The van der Waals surface area contributed by atoms with Gasteiger partial charge in [0.15, 0.2) is 5.60 Å². The Morgan fingerprint density at radius 3 is 2.38 bits per heavy atom. The third-order valence-corrected chi connectivity index (χ3v) is 15.2. The summed E-state index contributed by atoms with van der Waals surface area (Å²) in [5.74, 6) is -4.48. The van der Waals surface area contributed by atoms with Crippen molar-refractivity contribution in [2.45, 2.75) is 146 Å². The predicted molar refractivity (Wildman–Crippen MR) is 240 cm³/mol. The normalized spacial score (nSPS) is 28.8. The van der Waals surface area contributed by atoms with Crippen LogP contribution in [0.3, 0.4) is 0 Å². The van der Waals surface area contributed by atoms with Gasteiger partial charge in [0.2, 0.25) is 21.8 Å². The van der Waals surface area contributed by atoms with Crippen molar-refractivity contribution in [2.75, 3.05) is 7.11 Å². The maximum absolute atomic E-state index is 18.1. The third-order valence-electron chi connectivity index (χ3n) is 13.4. The van der Waals surface area contributed by atoms with Gasteiger partial charge in [-0.3, -0.25) is 33.9 Å². The van der Waals surface area contributed by atoms with E-state index in [9.17, 15) is 27.9 Å². The number of benzene rings is 1. The number of fused-ring (bicyclic) bond motifs is 3. The van der Waals surface area contributed by atoms with Crippen molar-refractivity contribution in [1.82, 2.24) is 29.8 Å². The van der Waals surface area contributed by atoms with Gasteiger partial charge in [-0.05, 0) is 126 Å². The summed E-state index contributed by atoms with van der Waals surface area (Å²) < 4.78 is 81.9. The Morgan fingerprint density at radius 1 is 1.05 bits per heavy atom. The van der Waals surface area contributed by atoms with Crippen LogP contribution in [0, 0.1) is 17.8 Å². The molecule has 7 rings (SSSR count). The Labute approximate surface area is 383 Å². The van der Waals surface area contributed by atoms with Crippen LogP contribution in [0.15, 0.2) is 54.7 Å². The SMILES string of the molecule is CCC(C)N(C(=O)O)[C@@H]1C(=O)N2[C@@H](C[C@@](C)(Oc3nc(-c4ccc(OC(C)C)cn4)cc4cc(OC)ccc34)C2(F)F)C(=O)N[C@]2(C(=O)NS(=O)(=O)C3CC3)C[C@H]2/C=C\CC[C@@H](C)C[C@H]1C. The fourth-order valence-electron chi connectivity index (χ4n) is 9.31. The smallest absolute Gasteiger partial charge is 0.408 e. The van der Waals surface area contributed by atoms with Gasteiger partial charge >= 0.3 is 12.1 Å². The van der Waals surface area contributed by atoms with Gasteiger partial charge in [-0.15, -0.1) is 0 Å². The molecule has 66 heavy (non-hydrogen) atoms. The molecule has 19 heteroatoms. The maximum atomic E-state index is 18.1. The average Bonchev–Trinajstić information content (AvgIpc) is 4.19. The summed E-state index contributed by atoms with van der Waals surface area (Å²) in [6.45, 7) is 11.6. The molecule has 4 aliphatic rings. The Morgan fingerprint density at radius 2 is 1.76 bits per heavy atom. The number of nitrogens with zero attached hydrogens (tertiary/aromatic N) is 4. The lowest BCUT2D eigenvalue weighted by atomic mass is 9.86. The summed E-state index contributed by atoms with van der Waals surface area (Å²) in [6.07, 6.45) is 4.85. The molecule has 358 valence electrons. The van der Waals surface area contributed by atoms with Gasteiger partial charge in [-0.2, -0.15) is 8.78 Å². The molecule has 2 saturated carbocycles. The summed E-state index contributed by atoms with van der Waals surface area (Å²) in [4.78, 5) is 67.6. The third kappa shape index (κ3) is 9.36. The first-order valence-corrected chi connectivity index (χ1v) is 24.2. The van der Waals surface area contributed by atoms with Gasteiger partial charge in [0, 0.05) is 23.8 Å². The molecular formula is C47H60F2N6O10S. The molecule has 0 radical (unpaired) electrons. The van der Waals surface area contributed by atoms with Crippen LogP contribution >= 0.6 is 0 Å². The number of methoxy groups -OCH3 is 1. The van der Waals surface area contributed by atoms with E-state index >= 15 is 13.6 Å². The number of hydrogen-bond acceptors (Lipinski definition) is 11. The second-order valence-electron chi connectivity index (χ2n) is 18.9. The minimum absolute atomic E-state index is 0.0348. The predicted octanol–water partition coefficient (Wildman–Crippen LogP) is 7.07. The number of hydrogen-bond donors (Lipinski definition) is 3. The van der Waals surface area contributed by atoms with E-state index in [0.717, 1.165) is 11.8 Å². The second-order valence-corrected chi connectivity index (χ2v) is 20.9. The van der Waals surface area contributed by atoms with Crippen molar-refractivity contribution >= 4 is 44.6 Å². The van der Waals surface area contributed by atoms with E-state index in [0.29, 0.717) is 48.3 Å². The average molecular weight is 939 g/mol. The number of ether oxygens (including phenoxy) is 3. The number of carbonyl (C=O) groups excluding carboxylic acids is 3. The van der Waals surface area contributed by atoms with Gasteiger partial charge in [-0.25, -0.2) is 18.2 Å². The summed E-state index contributed by atoms with van der Waals surface area (Å²) >= 11 is 0. The fourth-order valence-corrected chi connectivity index (χ4v) is 10.7. The minimum atomic E-state index is -4.35. The number of rotatable bonds is 12. The number of sulfonamides is 1. The zero-order chi connectivity index (χ0) is 48.1. The van der Waals surface area contributed by atoms with Crippen LogP contribution in [0.1, 0.15) is 99.8 Å². The number of halogens is 2. The van der Waals surface area contributed by atoms with Crippen LogP contribution in [0.4, 0.5) is 13.6 Å². The number of carboxylic acid groups (broad SMARTS) is 1.